The quantitative estimate of drug-likeness (QED) is 0.744. The monoisotopic (exact) mass is 390 g/mol. The number of halogens is 2. The maximum absolute atomic E-state index is 12.6. The molecule has 2 amide bonds. The average Bonchev–Trinajstić information content (AvgIpc) is 3.26. The molecule has 0 aromatic heterocycles. The molecule has 26 heavy (non-hydrogen) atoms. The predicted molar refractivity (Wildman–Crippen MR) is 91.1 cm³/mol. The van der Waals surface area contributed by atoms with E-state index in [4.69, 9.17) is 14.2 Å². The first-order chi connectivity index (χ1) is 12.5. The van der Waals surface area contributed by atoms with Crippen molar-refractivity contribution in [1.82, 2.24) is 10.6 Å². The summed E-state index contributed by atoms with van der Waals surface area (Å²) in [6.45, 7) is -2.59. The second kappa shape index (κ2) is 8.17. The molecule has 3 rings (SSSR count). The zero-order valence-electron chi connectivity index (χ0n) is 14.2. The molecule has 1 fully saturated rings. The van der Waals surface area contributed by atoms with Crippen LogP contribution in [0.4, 0.5) is 13.6 Å². The number of nitrogens with one attached hydrogen (secondary N) is 2. The fourth-order valence-corrected chi connectivity index (χ4v) is 4.15. The number of carbonyl (C=O) groups excluding carboxylic acids is 1. The van der Waals surface area contributed by atoms with Gasteiger partial charge in [-0.3, -0.25) is 0 Å². The minimum atomic E-state index is -2.98. The van der Waals surface area contributed by atoms with E-state index in [0.717, 1.165) is 17.9 Å². The maximum atomic E-state index is 12.6. The number of hydrogen-bond donors (Lipinski definition) is 2. The summed E-state index contributed by atoms with van der Waals surface area (Å²) in [5.41, 5.74) is 0.00705. The first kappa shape index (κ1) is 18.8. The van der Waals surface area contributed by atoms with Gasteiger partial charge in [-0.2, -0.15) is 20.5 Å². The summed E-state index contributed by atoms with van der Waals surface area (Å²) in [4.78, 5) is 12.1. The predicted octanol–water partition coefficient (Wildman–Crippen LogP) is 2.34. The highest BCUT2D eigenvalue weighted by atomic mass is 32.2. The van der Waals surface area contributed by atoms with Gasteiger partial charge >= 0.3 is 12.6 Å². The first-order valence-electron chi connectivity index (χ1n) is 8.03. The van der Waals surface area contributed by atoms with Gasteiger partial charge in [0.25, 0.3) is 0 Å². The standard InChI is InChI=1S/C16H20F2N2O5S/c1-22-16(2-3-26-8-16)7-20-15(21)19-6-10-4-12-13(24-9-23-12)5-11(10)25-14(17)18/h4-5,14H,2-3,6-9H2,1H3,(H2,19,20,21). The van der Waals surface area contributed by atoms with Crippen molar-refractivity contribution in [3.05, 3.63) is 17.7 Å². The van der Waals surface area contributed by atoms with Crippen molar-refractivity contribution in [2.75, 3.05) is 32.0 Å². The molecule has 1 saturated heterocycles. The minimum absolute atomic E-state index is 0.000735. The van der Waals surface area contributed by atoms with E-state index in [9.17, 15) is 13.6 Å². The number of urea groups is 1. The Labute approximate surface area is 153 Å². The molecule has 0 saturated carbocycles. The number of alkyl halides is 2. The Morgan fingerprint density at radius 1 is 1.35 bits per heavy atom. The number of carbonyl (C=O) groups is 1. The highest BCUT2D eigenvalue weighted by molar-refractivity contribution is 7.99. The molecule has 1 atom stereocenters. The molecule has 2 aliphatic rings. The molecule has 1 aromatic carbocycles. The molecular formula is C16H20F2N2O5S. The lowest BCUT2D eigenvalue weighted by Gasteiger charge is -2.26. The molecule has 144 valence electrons. The van der Waals surface area contributed by atoms with Gasteiger partial charge in [0.15, 0.2) is 11.5 Å². The highest BCUT2D eigenvalue weighted by Gasteiger charge is 2.34. The summed E-state index contributed by atoms with van der Waals surface area (Å²) in [6, 6.07) is 2.43. The van der Waals surface area contributed by atoms with Crippen LogP contribution in [0.5, 0.6) is 17.2 Å². The molecule has 2 heterocycles. The second-order valence-corrected chi connectivity index (χ2v) is 7.02. The first-order valence-corrected chi connectivity index (χ1v) is 9.19. The van der Waals surface area contributed by atoms with Crippen molar-refractivity contribution in [3.8, 4) is 17.2 Å². The molecule has 2 aliphatic heterocycles. The van der Waals surface area contributed by atoms with Gasteiger partial charge in [-0.25, -0.2) is 4.79 Å². The Morgan fingerprint density at radius 3 is 2.77 bits per heavy atom. The van der Waals surface area contributed by atoms with Gasteiger partial charge in [0.05, 0.1) is 5.60 Å². The normalized spacial score (nSPS) is 21.1. The minimum Gasteiger partial charge on any atom is -0.454 e. The van der Waals surface area contributed by atoms with Crippen LogP contribution in [0.2, 0.25) is 0 Å². The Balaban J connectivity index is 1.59. The van der Waals surface area contributed by atoms with Gasteiger partial charge in [0.2, 0.25) is 6.79 Å². The third-order valence-electron chi connectivity index (χ3n) is 4.28. The van der Waals surface area contributed by atoms with Crippen LogP contribution in [0.1, 0.15) is 12.0 Å². The fraction of sp³-hybridized carbons (Fsp3) is 0.562. The topological polar surface area (TPSA) is 78.1 Å². The number of ether oxygens (including phenoxy) is 4. The summed E-state index contributed by atoms with van der Waals surface area (Å²) in [5, 5.41) is 5.40. The number of hydrogen-bond acceptors (Lipinski definition) is 6. The summed E-state index contributed by atoms with van der Waals surface area (Å²) in [6.07, 6.45) is 0.864. The molecule has 10 heteroatoms. The van der Waals surface area contributed by atoms with E-state index in [-0.39, 0.29) is 24.7 Å². The summed E-state index contributed by atoms with van der Waals surface area (Å²) in [5.74, 6) is 2.49. The van der Waals surface area contributed by atoms with Crippen LogP contribution in [-0.4, -0.2) is 50.2 Å². The van der Waals surface area contributed by atoms with Crippen LogP contribution in [0.25, 0.3) is 0 Å². The Kier molecular flexibility index (Phi) is 5.92. The van der Waals surface area contributed by atoms with Gasteiger partial charge in [0.1, 0.15) is 5.75 Å². The van der Waals surface area contributed by atoms with Crippen LogP contribution in [0.3, 0.4) is 0 Å². The van der Waals surface area contributed by atoms with Crippen molar-refractivity contribution in [1.29, 1.82) is 0 Å². The lowest BCUT2D eigenvalue weighted by Crippen LogP contribution is -2.47. The van der Waals surface area contributed by atoms with E-state index < -0.39 is 12.6 Å². The van der Waals surface area contributed by atoms with Crippen molar-refractivity contribution < 1.29 is 32.5 Å². The lowest BCUT2D eigenvalue weighted by atomic mass is 10.0. The summed E-state index contributed by atoms with van der Waals surface area (Å²) >= 11 is 1.78. The molecule has 0 aliphatic carbocycles. The van der Waals surface area contributed by atoms with E-state index in [2.05, 4.69) is 15.4 Å². The van der Waals surface area contributed by atoms with Crippen LogP contribution in [0.15, 0.2) is 12.1 Å². The third-order valence-corrected chi connectivity index (χ3v) is 5.51. The zero-order chi connectivity index (χ0) is 18.6. The van der Waals surface area contributed by atoms with Crippen LogP contribution in [-0.2, 0) is 11.3 Å². The van der Waals surface area contributed by atoms with E-state index in [1.54, 1.807) is 18.9 Å². The van der Waals surface area contributed by atoms with Gasteiger partial charge in [-0.05, 0) is 18.2 Å². The maximum Gasteiger partial charge on any atom is 0.387 e. The number of fused-ring (bicyclic) bond motifs is 1. The Hall–Kier alpha value is -1.94. The Morgan fingerprint density at radius 2 is 2.12 bits per heavy atom. The van der Waals surface area contributed by atoms with Gasteiger partial charge < -0.3 is 29.6 Å². The highest BCUT2D eigenvalue weighted by Crippen LogP contribution is 2.38. The van der Waals surface area contributed by atoms with Gasteiger partial charge in [-0.15, -0.1) is 0 Å². The van der Waals surface area contributed by atoms with Gasteiger partial charge in [0, 0.05) is 37.6 Å². The number of rotatable bonds is 7. The largest absolute Gasteiger partial charge is 0.454 e. The number of amides is 2. The van der Waals surface area contributed by atoms with Crippen molar-refractivity contribution >= 4 is 17.8 Å². The fourth-order valence-electron chi connectivity index (χ4n) is 2.75. The summed E-state index contributed by atoms with van der Waals surface area (Å²) in [7, 11) is 1.63. The van der Waals surface area contributed by atoms with Crippen LogP contribution in [0, 0.1) is 0 Å². The van der Waals surface area contributed by atoms with E-state index in [1.165, 1.54) is 12.1 Å². The SMILES string of the molecule is COC1(CNC(=O)NCc2cc3c(cc2OC(F)F)OCO3)CCSC1. The molecular weight excluding hydrogens is 370 g/mol. The van der Waals surface area contributed by atoms with Crippen molar-refractivity contribution in [2.45, 2.75) is 25.2 Å². The number of methoxy groups -OCH3 is 1. The van der Waals surface area contributed by atoms with Crippen LogP contribution < -0.4 is 24.8 Å². The molecule has 0 bridgehead atoms. The summed E-state index contributed by atoms with van der Waals surface area (Å²) < 4.78 is 45.7. The van der Waals surface area contributed by atoms with E-state index in [0.29, 0.717) is 23.6 Å². The lowest BCUT2D eigenvalue weighted by molar-refractivity contribution is -0.0505. The second-order valence-electron chi connectivity index (χ2n) is 5.92. The molecule has 0 spiro atoms. The number of benzene rings is 1. The molecule has 7 nitrogen and oxygen atoms in total. The molecule has 2 N–H and O–H groups in total. The molecule has 1 aromatic rings. The van der Waals surface area contributed by atoms with E-state index >= 15 is 0 Å². The molecule has 0 radical (unpaired) electrons. The van der Waals surface area contributed by atoms with Crippen molar-refractivity contribution in [3.63, 3.8) is 0 Å². The number of thioether (sulfide) groups is 1. The third kappa shape index (κ3) is 4.42. The Bertz CT molecular complexity index is 656. The zero-order valence-corrected chi connectivity index (χ0v) is 15.0. The van der Waals surface area contributed by atoms with E-state index in [1.807, 2.05) is 0 Å². The van der Waals surface area contributed by atoms with Crippen molar-refractivity contribution in [2.24, 2.45) is 0 Å². The average molecular weight is 390 g/mol. The van der Waals surface area contributed by atoms with Gasteiger partial charge in [-0.1, -0.05) is 0 Å². The smallest absolute Gasteiger partial charge is 0.387 e. The molecule has 1 unspecified atom stereocenters. The van der Waals surface area contributed by atoms with Crippen LogP contribution >= 0.6 is 11.8 Å².